The van der Waals surface area contributed by atoms with Crippen LogP contribution in [0.15, 0.2) is 42.5 Å². The molecule has 0 spiro atoms. The van der Waals surface area contributed by atoms with Crippen LogP contribution in [0.2, 0.25) is 0 Å². The number of aryl methyl sites for hydroxylation is 1. The number of carbonyl (C=O) groups is 3. The van der Waals surface area contributed by atoms with Gasteiger partial charge >= 0.3 is 5.97 Å². The lowest BCUT2D eigenvalue weighted by molar-refractivity contribution is -0.137. The summed E-state index contributed by atoms with van der Waals surface area (Å²) in [5.41, 5.74) is 2.17. The van der Waals surface area contributed by atoms with Crippen LogP contribution in [0.3, 0.4) is 0 Å². The highest BCUT2D eigenvalue weighted by Gasteiger charge is 2.20. The molecule has 0 aliphatic carbocycles. The number of methoxy groups -OCH3 is 2. The zero-order valence-electron chi connectivity index (χ0n) is 16.7. The first-order valence-corrected chi connectivity index (χ1v) is 9.17. The molecular weight excluding hydrogens is 374 g/mol. The highest BCUT2D eigenvalue weighted by molar-refractivity contribution is 5.98. The third-order valence-corrected chi connectivity index (χ3v) is 4.48. The Labute approximate surface area is 169 Å². The van der Waals surface area contributed by atoms with Crippen LogP contribution in [0.25, 0.3) is 0 Å². The molecule has 0 heterocycles. The van der Waals surface area contributed by atoms with E-state index in [0.29, 0.717) is 22.6 Å². The predicted octanol–water partition coefficient (Wildman–Crippen LogP) is 3.31. The maximum atomic E-state index is 12.4. The van der Waals surface area contributed by atoms with Gasteiger partial charge in [-0.15, -0.1) is 0 Å². The molecule has 29 heavy (non-hydrogen) atoms. The topological polar surface area (TPSA) is 102 Å². The quantitative estimate of drug-likeness (QED) is 0.595. The fourth-order valence-electron chi connectivity index (χ4n) is 2.87. The number of aliphatic carboxylic acids is 1. The average molecular weight is 399 g/mol. The lowest BCUT2D eigenvalue weighted by Crippen LogP contribution is -2.30. The summed E-state index contributed by atoms with van der Waals surface area (Å²) in [7, 11) is 2.97. The van der Waals surface area contributed by atoms with Crippen LogP contribution >= 0.6 is 0 Å². The first-order valence-electron chi connectivity index (χ1n) is 9.17. The van der Waals surface area contributed by atoms with E-state index in [9.17, 15) is 19.5 Å². The van der Waals surface area contributed by atoms with Crippen molar-refractivity contribution in [2.75, 3.05) is 14.2 Å². The molecule has 0 aliphatic heterocycles. The SMILES string of the molecule is COc1ccc(C(CC(=O)O)NC(=O)CCC(=O)c2ccc(C)cc2)cc1OC. The van der Waals surface area contributed by atoms with E-state index in [4.69, 9.17) is 9.47 Å². The zero-order valence-corrected chi connectivity index (χ0v) is 16.7. The lowest BCUT2D eigenvalue weighted by atomic mass is 10.0. The zero-order chi connectivity index (χ0) is 21.4. The standard InChI is InChI=1S/C22H25NO6/c1-14-4-6-15(7-5-14)18(24)9-11-21(25)23-17(13-22(26)27)16-8-10-19(28-2)20(12-16)29-3/h4-8,10,12,17H,9,11,13H2,1-3H3,(H,23,25)(H,26,27). The molecule has 7 nitrogen and oxygen atoms in total. The van der Waals surface area contributed by atoms with Gasteiger partial charge in [-0.2, -0.15) is 0 Å². The molecule has 2 aromatic rings. The van der Waals surface area contributed by atoms with E-state index < -0.39 is 17.9 Å². The molecule has 2 N–H and O–H groups in total. The van der Waals surface area contributed by atoms with Crippen molar-refractivity contribution in [3.05, 3.63) is 59.2 Å². The number of benzene rings is 2. The Morgan fingerprint density at radius 1 is 0.966 bits per heavy atom. The Balaban J connectivity index is 2.05. The molecule has 7 heteroatoms. The molecule has 1 atom stereocenters. The van der Waals surface area contributed by atoms with Gasteiger partial charge in [0, 0.05) is 18.4 Å². The van der Waals surface area contributed by atoms with Crippen LogP contribution < -0.4 is 14.8 Å². The molecule has 2 rings (SSSR count). The normalized spacial score (nSPS) is 11.4. The number of ether oxygens (including phenoxy) is 2. The van der Waals surface area contributed by atoms with Crippen LogP contribution in [0.5, 0.6) is 11.5 Å². The highest BCUT2D eigenvalue weighted by Crippen LogP contribution is 2.31. The molecule has 0 saturated heterocycles. The molecule has 0 aliphatic rings. The van der Waals surface area contributed by atoms with E-state index in [1.807, 2.05) is 19.1 Å². The number of hydrogen-bond acceptors (Lipinski definition) is 5. The summed E-state index contributed by atoms with van der Waals surface area (Å²) in [6, 6.07) is 11.3. The molecule has 0 aromatic heterocycles. The summed E-state index contributed by atoms with van der Waals surface area (Å²) in [5, 5.41) is 11.9. The Hall–Kier alpha value is -3.35. The third-order valence-electron chi connectivity index (χ3n) is 4.48. The number of hydrogen-bond donors (Lipinski definition) is 2. The van der Waals surface area contributed by atoms with Gasteiger partial charge in [-0.25, -0.2) is 0 Å². The van der Waals surface area contributed by atoms with Crippen LogP contribution in [0.1, 0.15) is 46.8 Å². The number of rotatable bonds is 10. The van der Waals surface area contributed by atoms with Crippen molar-refractivity contribution in [1.82, 2.24) is 5.32 Å². The van der Waals surface area contributed by atoms with Crippen molar-refractivity contribution < 1.29 is 29.0 Å². The molecular formula is C22H25NO6. The fraction of sp³-hybridized carbons (Fsp3) is 0.318. The summed E-state index contributed by atoms with van der Waals surface area (Å²) in [4.78, 5) is 35.9. The van der Waals surface area contributed by atoms with E-state index in [1.165, 1.54) is 14.2 Å². The number of amides is 1. The summed E-state index contributed by atoms with van der Waals surface area (Å²) in [6.07, 6.45) is -0.288. The second kappa shape index (κ2) is 10.3. The van der Waals surface area contributed by atoms with Crippen molar-refractivity contribution in [3.8, 4) is 11.5 Å². The summed E-state index contributed by atoms with van der Waals surface area (Å²) in [6.45, 7) is 1.93. The average Bonchev–Trinajstić information content (AvgIpc) is 2.71. The molecule has 0 fully saturated rings. The van der Waals surface area contributed by atoms with Crippen LogP contribution in [-0.2, 0) is 9.59 Å². The van der Waals surface area contributed by atoms with E-state index in [1.54, 1.807) is 30.3 Å². The van der Waals surface area contributed by atoms with Gasteiger partial charge in [-0.3, -0.25) is 14.4 Å². The van der Waals surface area contributed by atoms with Gasteiger partial charge in [0.1, 0.15) is 0 Å². The molecule has 154 valence electrons. The molecule has 2 aromatic carbocycles. The van der Waals surface area contributed by atoms with Crippen molar-refractivity contribution >= 4 is 17.7 Å². The smallest absolute Gasteiger partial charge is 0.305 e. The van der Waals surface area contributed by atoms with E-state index >= 15 is 0 Å². The van der Waals surface area contributed by atoms with Crippen molar-refractivity contribution in [3.63, 3.8) is 0 Å². The minimum Gasteiger partial charge on any atom is -0.493 e. The Kier molecular flexibility index (Phi) is 7.77. The number of carboxylic acids is 1. The number of Topliss-reactive ketones (excluding diaryl/α,β-unsaturated/α-hetero) is 1. The van der Waals surface area contributed by atoms with Gasteiger partial charge in [-0.1, -0.05) is 35.9 Å². The third kappa shape index (κ3) is 6.34. The van der Waals surface area contributed by atoms with Crippen molar-refractivity contribution in [2.45, 2.75) is 32.2 Å². The Morgan fingerprint density at radius 3 is 2.21 bits per heavy atom. The Bertz CT molecular complexity index is 875. The highest BCUT2D eigenvalue weighted by atomic mass is 16.5. The predicted molar refractivity (Wildman–Crippen MR) is 107 cm³/mol. The molecule has 1 unspecified atom stereocenters. The summed E-state index contributed by atoms with van der Waals surface area (Å²) < 4.78 is 10.4. The van der Waals surface area contributed by atoms with Gasteiger partial charge in [0.15, 0.2) is 17.3 Å². The maximum absolute atomic E-state index is 12.4. The summed E-state index contributed by atoms with van der Waals surface area (Å²) >= 11 is 0. The number of carbonyl (C=O) groups excluding carboxylic acids is 2. The molecule has 1 amide bonds. The van der Waals surface area contributed by atoms with Crippen molar-refractivity contribution in [1.29, 1.82) is 0 Å². The Morgan fingerprint density at radius 2 is 1.62 bits per heavy atom. The van der Waals surface area contributed by atoms with Gasteiger partial charge in [0.25, 0.3) is 0 Å². The number of carboxylic acid groups (broad SMARTS) is 1. The van der Waals surface area contributed by atoms with E-state index in [2.05, 4.69) is 5.32 Å². The lowest BCUT2D eigenvalue weighted by Gasteiger charge is -2.19. The maximum Gasteiger partial charge on any atom is 0.305 e. The van der Waals surface area contributed by atoms with E-state index in [-0.39, 0.29) is 25.0 Å². The fourth-order valence-corrected chi connectivity index (χ4v) is 2.87. The largest absolute Gasteiger partial charge is 0.493 e. The van der Waals surface area contributed by atoms with Gasteiger partial charge < -0.3 is 19.9 Å². The van der Waals surface area contributed by atoms with Gasteiger partial charge in [0.2, 0.25) is 5.91 Å². The van der Waals surface area contributed by atoms with E-state index in [0.717, 1.165) is 5.56 Å². The van der Waals surface area contributed by atoms with Crippen LogP contribution in [0.4, 0.5) is 0 Å². The minimum absolute atomic E-state index is 0.0316. The first kappa shape index (κ1) is 21.9. The van der Waals surface area contributed by atoms with Gasteiger partial charge in [0.05, 0.1) is 26.7 Å². The molecule has 0 saturated carbocycles. The molecule has 0 radical (unpaired) electrons. The minimum atomic E-state index is -1.05. The van der Waals surface area contributed by atoms with Crippen LogP contribution in [-0.4, -0.2) is 37.0 Å². The number of ketones is 1. The monoisotopic (exact) mass is 399 g/mol. The van der Waals surface area contributed by atoms with Gasteiger partial charge in [-0.05, 0) is 24.6 Å². The summed E-state index contributed by atoms with van der Waals surface area (Å²) in [5.74, 6) is -0.655. The molecule has 0 bridgehead atoms. The van der Waals surface area contributed by atoms with Crippen LogP contribution in [0, 0.1) is 6.92 Å². The number of nitrogens with one attached hydrogen (secondary N) is 1. The second-order valence-electron chi connectivity index (χ2n) is 6.62. The first-order chi connectivity index (χ1) is 13.8. The van der Waals surface area contributed by atoms with Crippen molar-refractivity contribution in [2.24, 2.45) is 0 Å². The second-order valence-corrected chi connectivity index (χ2v) is 6.62.